The largest absolute Gasteiger partial charge is 0.478 e. The Bertz CT molecular complexity index is 601. The number of carboxylic acids is 1. The van der Waals surface area contributed by atoms with Crippen molar-refractivity contribution in [2.45, 2.75) is 6.18 Å². The van der Waals surface area contributed by atoms with Gasteiger partial charge < -0.3 is 5.11 Å². The first kappa shape index (κ1) is 13.1. The fraction of sp³-hybridized carbons (Fsp3) is 0.0714. The maximum absolute atomic E-state index is 12.6. The summed E-state index contributed by atoms with van der Waals surface area (Å²) in [6, 6.07) is 10.6. The van der Waals surface area contributed by atoms with Crippen LogP contribution in [0.5, 0.6) is 0 Å². The Labute approximate surface area is 107 Å². The van der Waals surface area contributed by atoms with Crippen LogP contribution in [-0.2, 0) is 6.18 Å². The molecule has 0 amide bonds. The van der Waals surface area contributed by atoms with E-state index in [9.17, 15) is 18.0 Å². The second-order valence-corrected chi connectivity index (χ2v) is 3.96. The molecule has 0 unspecified atom stereocenters. The highest BCUT2D eigenvalue weighted by Gasteiger charge is 2.30. The molecule has 0 aromatic heterocycles. The van der Waals surface area contributed by atoms with Gasteiger partial charge in [0.2, 0.25) is 0 Å². The zero-order chi connectivity index (χ0) is 14.0. The topological polar surface area (TPSA) is 37.3 Å². The van der Waals surface area contributed by atoms with Crippen molar-refractivity contribution in [1.82, 2.24) is 0 Å². The smallest absolute Gasteiger partial charge is 0.416 e. The molecule has 2 nitrogen and oxygen atoms in total. The van der Waals surface area contributed by atoms with Crippen molar-refractivity contribution < 1.29 is 23.1 Å². The van der Waals surface area contributed by atoms with Crippen molar-refractivity contribution in [3.8, 4) is 11.1 Å². The second kappa shape index (κ2) is 4.76. The predicted molar refractivity (Wildman–Crippen MR) is 63.8 cm³/mol. The molecule has 98 valence electrons. The number of aromatic carboxylic acids is 1. The minimum atomic E-state index is -4.39. The van der Waals surface area contributed by atoms with Crippen LogP contribution in [-0.4, -0.2) is 11.1 Å². The van der Waals surface area contributed by atoms with E-state index < -0.39 is 17.7 Å². The van der Waals surface area contributed by atoms with Gasteiger partial charge in [-0.3, -0.25) is 0 Å². The molecule has 0 spiro atoms. The van der Waals surface area contributed by atoms with Gasteiger partial charge in [0.25, 0.3) is 0 Å². The molecule has 0 saturated carbocycles. The Morgan fingerprint density at radius 3 is 2.11 bits per heavy atom. The molecule has 2 rings (SSSR count). The van der Waals surface area contributed by atoms with E-state index in [1.807, 2.05) is 0 Å². The van der Waals surface area contributed by atoms with Gasteiger partial charge in [-0.2, -0.15) is 13.2 Å². The molecule has 0 aliphatic rings. The molecule has 0 atom stereocenters. The van der Waals surface area contributed by atoms with E-state index in [1.165, 1.54) is 30.3 Å². The van der Waals surface area contributed by atoms with Gasteiger partial charge in [0.1, 0.15) is 0 Å². The molecule has 0 radical (unpaired) electrons. The van der Waals surface area contributed by atoms with Crippen molar-refractivity contribution in [1.29, 1.82) is 0 Å². The summed E-state index contributed by atoms with van der Waals surface area (Å²) in [5, 5.41) is 8.75. The summed E-state index contributed by atoms with van der Waals surface area (Å²) in [5.41, 5.74) is 0.297. The first-order valence-corrected chi connectivity index (χ1v) is 5.39. The quantitative estimate of drug-likeness (QED) is 0.889. The number of carbonyl (C=O) groups is 1. The molecular formula is C14H9F3O2. The molecule has 5 heteroatoms. The van der Waals surface area contributed by atoms with E-state index in [1.54, 1.807) is 6.07 Å². The van der Waals surface area contributed by atoms with Crippen molar-refractivity contribution >= 4 is 5.97 Å². The lowest BCUT2D eigenvalue weighted by molar-refractivity contribution is -0.137. The van der Waals surface area contributed by atoms with Crippen LogP contribution in [0.1, 0.15) is 15.9 Å². The van der Waals surface area contributed by atoms with Crippen LogP contribution in [0.4, 0.5) is 13.2 Å². The Morgan fingerprint density at radius 1 is 0.947 bits per heavy atom. The maximum Gasteiger partial charge on any atom is 0.416 e. The number of halogens is 3. The van der Waals surface area contributed by atoms with Gasteiger partial charge in [-0.1, -0.05) is 24.3 Å². The average Bonchev–Trinajstić information content (AvgIpc) is 2.38. The molecule has 0 aliphatic carbocycles. The Balaban J connectivity index is 2.39. The third kappa shape index (κ3) is 2.93. The lowest BCUT2D eigenvalue weighted by Crippen LogP contribution is -2.04. The number of carboxylic acid groups (broad SMARTS) is 1. The van der Waals surface area contributed by atoms with E-state index in [2.05, 4.69) is 0 Å². The minimum Gasteiger partial charge on any atom is -0.478 e. The summed E-state index contributed by atoms with van der Waals surface area (Å²) in [4.78, 5) is 10.7. The van der Waals surface area contributed by atoms with Crippen molar-refractivity contribution in [3.05, 3.63) is 59.7 Å². The molecule has 0 aliphatic heterocycles. The summed E-state index contributed by atoms with van der Waals surface area (Å²) in [6.45, 7) is 0. The summed E-state index contributed by atoms with van der Waals surface area (Å²) >= 11 is 0. The summed E-state index contributed by atoms with van der Waals surface area (Å²) in [5.74, 6) is -1.07. The van der Waals surface area contributed by atoms with E-state index >= 15 is 0 Å². The molecule has 0 fully saturated rings. The van der Waals surface area contributed by atoms with Crippen LogP contribution in [0.2, 0.25) is 0 Å². The Morgan fingerprint density at radius 2 is 1.58 bits per heavy atom. The van der Waals surface area contributed by atoms with Gasteiger partial charge in [0.05, 0.1) is 11.1 Å². The third-order valence-corrected chi connectivity index (χ3v) is 2.66. The summed E-state index contributed by atoms with van der Waals surface area (Å²) < 4.78 is 37.7. The third-order valence-electron chi connectivity index (χ3n) is 2.66. The number of rotatable bonds is 2. The highest BCUT2D eigenvalue weighted by molar-refractivity contribution is 5.88. The molecule has 19 heavy (non-hydrogen) atoms. The minimum absolute atomic E-state index is 0.0933. The standard InChI is InChI=1S/C14H9F3O2/c15-14(16,17)12-3-1-2-11(8-12)9-4-6-10(7-5-9)13(18)19/h1-8H,(H,18,19). The normalized spacial score (nSPS) is 11.3. The van der Waals surface area contributed by atoms with Gasteiger partial charge in [-0.15, -0.1) is 0 Å². The molecule has 2 aromatic rings. The lowest BCUT2D eigenvalue weighted by Gasteiger charge is -2.09. The van der Waals surface area contributed by atoms with Gasteiger partial charge in [-0.05, 0) is 35.4 Å². The Kier molecular flexibility index (Phi) is 3.29. The zero-order valence-corrected chi connectivity index (χ0v) is 9.61. The van der Waals surface area contributed by atoms with Gasteiger partial charge in [-0.25, -0.2) is 4.79 Å². The molecular weight excluding hydrogens is 257 g/mol. The van der Waals surface area contributed by atoms with Crippen LogP contribution < -0.4 is 0 Å². The molecule has 2 aromatic carbocycles. The Hall–Kier alpha value is -2.30. The second-order valence-electron chi connectivity index (χ2n) is 3.96. The highest BCUT2D eigenvalue weighted by Crippen LogP contribution is 2.32. The first-order chi connectivity index (χ1) is 8.88. The summed E-state index contributed by atoms with van der Waals surface area (Å²) in [6.07, 6.45) is -4.39. The summed E-state index contributed by atoms with van der Waals surface area (Å²) in [7, 11) is 0. The number of hydrogen-bond acceptors (Lipinski definition) is 1. The molecule has 0 heterocycles. The predicted octanol–water partition coefficient (Wildman–Crippen LogP) is 4.07. The van der Waals surface area contributed by atoms with Crippen molar-refractivity contribution in [2.24, 2.45) is 0 Å². The number of alkyl halides is 3. The maximum atomic E-state index is 12.6. The van der Waals surface area contributed by atoms with Gasteiger partial charge in [0.15, 0.2) is 0 Å². The lowest BCUT2D eigenvalue weighted by atomic mass is 10.0. The fourth-order valence-electron chi connectivity index (χ4n) is 1.68. The van der Waals surface area contributed by atoms with Gasteiger partial charge >= 0.3 is 12.1 Å². The van der Waals surface area contributed by atoms with Crippen LogP contribution in [0.3, 0.4) is 0 Å². The van der Waals surface area contributed by atoms with E-state index in [-0.39, 0.29) is 5.56 Å². The molecule has 0 saturated heterocycles. The van der Waals surface area contributed by atoms with Gasteiger partial charge in [0, 0.05) is 0 Å². The van der Waals surface area contributed by atoms with Crippen LogP contribution in [0.25, 0.3) is 11.1 Å². The fourth-order valence-corrected chi connectivity index (χ4v) is 1.68. The van der Waals surface area contributed by atoms with E-state index in [0.29, 0.717) is 11.1 Å². The SMILES string of the molecule is O=C(O)c1ccc(-c2cccc(C(F)(F)F)c2)cc1. The van der Waals surface area contributed by atoms with E-state index in [4.69, 9.17) is 5.11 Å². The van der Waals surface area contributed by atoms with Crippen LogP contribution in [0, 0.1) is 0 Å². The number of hydrogen-bond donors (Lipinski definition) is 1. The molecule has 1 N–H and O–H groups in total. The monoisotopic (exact) mass is 266 g/mol. The van der Waals surface area contributed by atoms with Crippen LogP contribution in [0.15, 0.2) is 48.5 Å². The van der Waals surface area contributed by atoms with E-state index in [0.717, 1.165) is 12.1 Å². The van der Waals surface area contributed by atoms with Crippen LogP contribution >= 0.6 is 0 Å². The van der Waals surface area contributed by atoms with Crippen molar-refractivity contribution in [3.63, 3.8) is 0 Å². The van der Waals surface area contributed by atoms with Crippen molar-refractivity contribution in [2.75, 3.05) is 0 Å². The molecule has 0 bridgehead atoms. The average molecular weight is 266 g/mol. The number of benzene rings is 2. The first-order valence-electron chi connectivity index (χ1n) is 5.39. The highest BCUT2D eigenvalue weighted by atomic mass is 19.4. The zero-order valence-electron chi connectivity index (χ0n) is 9.61.